The van der Waals surface area contributed by atoms with Crippen molar-refractivity contribution >= 4 is 0 Å². The molecule has 1 rings (SSSR count). The lowest BCUT2D eigenvalue weighted by molar-refractivity contribution is 0.177. The first-order chi connectivity index (χ1) is 6.56. The molecule has 1 N–H and O–H groups in total. The molecule has 0 saturated carbocycles. The van der Waals surface area contributed by atoms with Crippen LogP contribution in [-0.2, 0) is 5.67 Å². The number of hydrogen-bond acceptors (Lipinski definition) is 1. The maximum Gasteiger partial charge on any atom is 0.134 e. The van der Waals surface area contributed by atoms with Crippen LogP contribution in [0.25, 0.3) is 0 Å². The maximum absolute atomic E-state index is 14.1. The van der Waals surface area contributed by atoms with E-state index in [-0.39, 0.29) is 0 Å². The lowest BCUT2D eigenvalue weighted by atomic mass is 9.93. The van der Waals surface area contributed by atoms with Crippen molar-refractivity contribution in [3.8, 4) is 0 Å². The third kappa shape index (κ3) is 2.81. The number of halogens is 1. The lowest BCUT2D eigenvalue weighted by Gasteiger charge is -2.21. The maximum atomic E-state index is 14.1. The van der Waals surface area contributed by atoms with Crippen molar-refractivity contribution in [2.24, 2.45) is 0 Å². The Morgan fingerprint density at radius 3 is 2.71 bits per heavy atom. The van der Waals surface area contributed by atoms with Crippen LogP contribution in [-0.4, -0.2) is 13.6 Å². The topological polar surface area (TPSA) is 12.0 Å². The van der Waals surface area contributed by atoms with Crippen LogP contribution in [0.2, 0.25) is 0 Å². The molecule has 0 aliphatic heterocycles. The third-order valence-electron chi connectivity index (χ3n) is 2.46. The Bertz CT molecular complexity index is 294. The summed E-state index contributed by atoms with van der Waals surface area (Å²) in [7, 11) is 1.84. The molecule has 0 spiro atoms. The van der Waals surface area contributed by atoms with E-state index in [2.05, 4.69) is 5.32 Å². The van der Waals surface area contributed by atoms with Crippen LogP contribution >= 0.6 is 0 Å². The van der Waals surface area contributed by atoms with Crippen molar-refractivity contribution in [2.45, 2.75) is 25.9 Å². The van der Waals surface area contributed by atoms with Crippen LogP contribution in [0, 0.1) is 6.92 Å². The number of aryl methyl sites for hydroxylation is 1. The molecule has 0 aromatic heterocycles. The standard InChI is InChI=1S/C12H18FN/c1-10-5-4-6-11(9-10)12(2,13)7-8-14-3/h4-6,9,14H,7-8H2,1-3H3. The zero-order valence-corrected chi connectivity index (χ0v) is 9.10. The average molecular weight is 195 g/mol. The highest BCUT2D eigenvalue weighted by atomic mass is 19.1. The second-order valence-electron chi connectivity index (χ2n) is 3.92. The van der Waals surface area contributed by atoms with Crippen LogP contribution in [0.3, 0.4) is 0 Å². The molecule has 0 aliphatic rings. The van der Waals surface area contributed by atoms with E-state index < -0.39 is 5.67 Å². The Hall–Kier alpha value is -0.890. The van der Waals surface area contributed by atoms with E-state index in [9.17, 15) is 4.39 Å². The lowest BCUT2D eigenvalue weighted by Crippen LogP contribution is -2.22. The highest BCUT2D eigenvalue weighted by Gasteiger charge is 2.24. The Morgan fingerprint density at radius 2 is 2.14 bits per heavy atom. The SMILES string of the molecule is CNCCC(C)(F)c1cccc(C)c1. The predicted octanol–water partition coefficient (Wildman–Crippen LogP) is 2.79. The zero-order valence-electron chi connectivity index (χ0n) is 9.10. The summed E-state index contributed by atoms with van der Waals surface area (Å²) in [6.07, 6.45) is 0.507. The molecule has 78 valence electrons. The first-order valence-corrected chi connectivity index (χ1v) is 4.97. The van der Waals surface area contributed by atoms with Gasteiger partial charge in [-0.25, -0.2) is 4.39 Å². The van der Waals surface area contributed by atoms with E-state index in [1.165, 1.54) is 0 Å². The van der Waals surface area contributed by atoms with E-state index >= 15 is 0 Å². The summed E-state index contributed by atoms with van der Waals surface area (Å²) >= 11 is 0. The Labute approximate surface area is 85.3 Å². The summed E-state index contributed by atoms with van der Waals surface area (Å²) in [5.41, 5.74) is 0.651. The molecule has 0 amide bonds. The van der Waals surface area contributed by atoms with Gasteiger partial charge in [0, 0.05) is 0 Å². The fourth-order valence-corrected chi connectivity index (χ4v) is 1.47. The third-order valence-corrected chi connectivity index (χ3v) is 2.46. The van der Waals surface area contributed by atoms with E-state index in [4.69, 9.17) is 0 Å². The number of benzene rings is 1. The molecule has 1 unspecified atom stereocenters. The first-order valence-electron chi connectivity index (χ1n) is 4.97. The van der Waals surface area contributed by atoms with Crippen molar-refractivity contribution in [3.05, 3.63) is 35.4 Å². The quantitative estimate of drug-likeness (QED) is 0.779. The van der Waals surface area contributed by atoms with Crippen molar-refractivity contribution < 1.29 is 4.39 Å². The summed E-state index contributed by atoms with van der Waals surface area (Å²) in [6, 6.07) is 7.65. The molecule has 0 radical (unpaired) electrons. The molecule has 0 bridgehead atoms. The van der Waals surface area contributed by atoms with E-state index in [0.717, 1.165) is 11.1 Å². The molecule has 1 aromatic rings. The van der Waals surface area contributed by atoms with Crippen LogP contribution < -0.4 is 5.32 Å². The molecular formula is C12H18FN. The van der Waals surface area contributed by atoms with Gasteiger partial charge in [0.25, 0.3) is 0 Å². The summed E-state index contributed by atoms with van der Waals surface area (Å²) in [6.45, 7) is 4.32. The van der Waals surface area contributed by atoms with Gasteiger partial charge < -0.3 is 5.32 Å². The smallest absolute Gasteiger partial charge is 0.134 e. The Morgan fingerprint density at radius 1 is 1.43 bits per heavy atom. The number of alkyl halides is 1. The van der Waals surface area contributed by atoms with Gasteiger partial charge in [-0.05, 0) is 39.4 Å². The van der Waals surface area contributed by atoms with Gasteiger partial charge in [0.1, 0.15) is 5.67 Å². The van der Waals surface area contributed by atoms with Gasteiger partial charge in [0.15, 0.2) is 0 Å². The van der Waals surface area contributed by atoms with Gasteiger partial charge in [-0.15, -0.1) is 0 Å². The van der Waals surface area contributed by atoms with Crippen LogP contribution in [0.4, 0.5) is 4.39 Å². The minimum Gasteiger partial charge on any atom is -0.320 e. The van der Waals surface area contributed by atoms with Crippen LogP contribution in [0.5, 0.6) is 0 Å². The Balaban J connectivity index is 2.80. The zero-order chi connectivity index (χ0) is 10.6. The largest absolute Gasteiger partial charge is 0.320 e. The van der Waals surface area contributed by atoms with Gasteiger partial charge in [0.2, 0.25) is 0 Å². The summed E-state index contributed by atoms with van der Waals surface area (Å²) < 4.78 is 14.1. The number of rotatable bonds is 4. The highest BCUT2D eigenvalue weighted by Crippen LogP contribution is 2.29. The second kappa shape index (κ2) is 4.56. The highest BCUT2D eigenvalue weighted by molar-refractivity contribution is 5.27. The van der Waals surface area contributed by atoms with E-state index in [0.29, 0.717) is 13.0 Å². The fraction of sp³-hybridized carbons (Fsp3) is 0.500. The summed E-state index contributed by atoms with van der Waals surface area (Å²) in [5, 5.41) is 2.97. The molecule has 2 heteroatoms. The number of nitrogens with one attached hydrogen (secondary N) is 1. The van der Waals surface area contributed by atoms with Crippen molar-refractivity contribution in [1.82, 2.24) is 5.32 Å². The fourth-order valence-electron chi connectivity index (χ4n) is 1.47. The second-order valence-corrected chi connectivity index (χ2v) is 3.92. The molecule has 0 heterocycles. The van der Waals surface area contributed by atoms with Crippen LogP contribution in [0.1, 0.15) is 24.5 Å². The summed E-state index contributed by atoms with van der Waals surface area (Å²) in [4.78, 5) is 0. The Kier molecular flexibility index (Phi) is 3.64. The minimum atomic E-state index is -1.23. The van der Waals surface area contributed by atoms with Gasteiger partial charge >= 0.3 is 0 Å². The van der Waals surface area contributed by atoms with Gasteiger partial charge in [-0.2, -0.15) is 0 Å². The molecule has 1 nitrogen and oxygen atoms in total. The van der Waals surface area contributed by atoms with E-state index in [1.54, 1.807) is 6.92 Å². The average Bonchev–Trinajstić information content (AvgIpc) is 2.15. The molecule has 14 heavy (non-hydrogen) atoms. The van der Waals surface area contributed by atoms with Gasteiger partial charge in [-0.3, -0.25) is 0 Å². The molecule has 0 saturated heterocycles. The normalized spacial score (nSPS) is 15.1. The minimum absolute atomic E-state index is 0.507. The van der Waals surface area contributed by atoms with Crippen LogP contribution in [0.15, 0.2) is 24.3 Å². The van der Waals surface area contributed by atoms with Crippen molar-refractivity contribution in [2.75, 3.05) is 13.6 Å². The van der Waals surface area contributed by atoms with Gasteiger partial charge in [0.05, 0.1) is 0 Å². The molecule has 0 aliphatic carbocycles. The predicted molar refractivity (Wildman–Crippen MR) is 58.2 cm³/mol. The van der Waals surface area contributed by atoms with E-state index in [1.807, 2.05) is 38.2 Å². The van der Waals surface area contributed by atoms with Gasteiger partial charge in [-0.1, -0.05) is 29.8 Å². The van der Waals surface area contributed by atoms with Crippen molar-refractivity contribution in [1.29, 1.82) is 0 Å². The molecule has 1 aromatic carbocycles. The molecule has 1 atom stereocenters. The van der Waals surface area contributed by atoms with Crippen molar-refractivity contribution in [3.63, 3.8) is 0 Å². The molecular weight excluding hydrogens is 177 g/mol. The monoisotopic (exact) mass is 195 g/mol. The summed E-state index contributed by atoms with van der Waals surface area (Å²) in [5.74, 6) is 0. The first kappa shape index (κ1) is 11.2. The molecule has 0 fully saturated rings. The number of hydrogen-bond donors (Lipinski definition) is 1.